The van der Waals surface area contributed by atoms with Crippen LogP contribution in [0.4, 0.5) is 0 Å². The number of hydrogen-bond donors (Lipinski definition) is 2. The molecule has 1 aromatic heterocycles. The second kappa shape index (κ2) is 6.42. The maximum Gasteiger partial charge on any atom is 0.337 e. The number of carboxylic acids is 1. The number of aromatic nitrogens is 1. The summed E-state index contributed by atoms with van der Waals surface area (Å²) in [5, 5.41) is 11.3. The van der Waals surface area contributed by atoms with Crippen LogP contribution in [0.5, 0.6) is 0 Å². The lowest BCUT2D eigenvalue weighted by molar-refractivity contribution is 0.0695. The van der Waals surface area contributed by atoms with Crippen LogP contribution in [0.1, 0.15) is 34.2 Å². The second-order valence-electron chi connectivity index (χ2n) is 3.35. The van der Waals surface area contributed by atoms with E-state index in [1.807, 2.05) is 19.1 Å². The summed E-state index contributed by atoms with van der Waals surface area (Å²) in [5.74, 6) is -1.36. The van der Waals surface area contributed by atoms with Crippen LogP contribution in [-0.2, 0) is 0 Å². The van der Waals surface area contributed by atoms with E-state index in [4.69, 9.17) is 5.11 Å². The third-order valence-corrected chi connectivity index (χ3v) is 2.08. The summed E-state index contributed by atoms with van der Waals surface area (Å²) in [6.07, 6.45) is 5.78. The molecule has 0 unspecified atom stereocenters. The number of nitrogens with zero attached hydrogens (tertiary/aromatic N) is 1. The first-order chi connectivity index (χ1) is 8.15. The SMILES string of the molecule is C/C=C/CCNC(=O)c1ccc(C(=O)O)cn1. The summed E-state index contributed by atoms with van der Waals surface area (Å²) in [7, 11) is 0. The maximum atomic E-state index is 11.5. The Labute approximate surface area is 99.2 Å². The molecule has 0 atom stereocenters. The summed E-state index contributed by atoms with van der Waals surface area (Å²) < 4.78 is 0. The van der Waals surface area contributed by atoms with Crippen LogP contribution < -0.4 is 5.32 Å². The van der Waals surface area contributed by atoms with E-state index in [0.717, 1.165) is 6.42 Å². The molecule has 17 heavy (non-hydrogen) atoms. The van der Waals surface area contributed by atoms with Crippen molar-refractivity contribution in [2.24, 2.45) is 0 Å². The highest BCUT2D eigenvalue weighted by Gasteiger charge is 2.08. The summed E-state index contributed by atoms with van der Waals surface area (Å²) in [5.41, 5.74) is 0.283. The van der Waals surface area contributed by atoms with Gasteiger partial charge in [-0.1, -0.05) is 12.2 Å². The van der Waals surface area contributed by atoms with Crippen LogP contribution in [0.25, 0.3) is 0 Å². The number of nitrogens with one attached hydrogen (secondary N) is 1. The quantitative estimate of drug-likeness (QED) is 0.597. The molecule has 0 aliphatic heterocycles. The molecule has 5 nitrogen and oxygen atoms in total. The Bertz CT molecular complexity index is 424. The Morgan fingerprint density at radius 1 is 1.47 bits per heavy atom. The molecule has 1 amide bonds. The summed E-state index contributed by atoms with van der Waals surface area (Å²) in [6.45, 7) is 2.44. The fraction of sp³-hybridized carbons (Fsp3) is 0.250. The molecule has 0 aliphatic carbocycles. The molecule has 0 spiro atoms. The number of carbonyl (C=O) groups is 2. The van der Waals surface area contributed by atoms with Crippen molar-refractivity contribution in [3.63, 3.8) is 0 Å². The molecule has 0 radical (unpaired) electrons. The fourth-order valence-corrected chi connectivity index (χ4v) is 1.18. The van der Waals surface area contributed by atoms with Crippen LogP contribution in [0.2, 0.25) is 0 Å². The van der Waals surface area contributed by atoms with Crippen molar-refractivity contribution in [2.75, 3.05) is 6.54 Å². The van der Waals surface area contributed by atoms with Crippen LogP contribution in [0, 0.1) is 0 Å². The van der Waals surface area contributed by atoms with E-state index in [-0.39, 0.29) is 17.2 Å². The summed E-state index contributed by atoms with van der Waals surface area (Å²) in [4.78, 5) is 25.9. The highest BCUT2D eigenvalue weighted by Crippen LogP contribution is 2.00. The summed E-state index contributed by atoms with van der Waals surface area (Å²) in [6, 6.07) is 2.75. The average molecular weight is 234 g/mol. The molecular weight excluding hydrogens is 220 g/mol. The largest absolute Gasteiger partial charge is 0.478 e. The zero-order chi connectivity index (χ0) is 12.7. The van der Waals surface area contributed by atoms with Gasteiger partial charge in [-0.05, 0) is 25.5 Å². The minimum Gasteiger partial charge on any atom is -0.478 e. The number of hydrogen-bond acceptors (Lipinski definition) is 3. The van der Waals surface area contributed by atoms with Crippen molar-refractivity contribution in [1.29, 1.82) is 0 Å². The minimum atomic E-state index is -1.06. The van der Waals surface area contributed by atoms with E-state index in [1.165, 1.54) is 18.3 Å². The highest BCUT2D eigenvalue weighted by atomic mass is 16.4. The average Bonchev–Trinajstić information content (AvgIpc) is 2.34. The second-order valence-corrected chi connectivity index (χ2v) is 3.35. The van der Waals surface area contributed by atoms with E-state index < -0.39 is 5.97 Å². The molecule has 0 saturated heterocycles. The Balaban J connectivity index is 2.54. The van der Waals surface area contributed by atoms with Gasteiger partial charge in [-0.3, -0.25) is 9.78 Å². The van der Waals surface area contributed by atoms with Crippen LogP contribution in [0.15, 0.2) is 30.5 Å². The van der Waals surface area contributed by atoms with Crippen LogP contribution >= 0.6 is 0 Å². The number of carboxylic acid groups (broad SMARTS) is 1. The lowest BCUT2D eigenvalue weighted by Crippen LogP contribution is -2.25. The molecule has 90 valence electrons. The molecule has 0 aromatic carbocycles. The molecular formula is C12H14N2O3. The molecule has 5 heteroatoms. The van der Waals surface area contributed by atoms with Gasteiger partial charge in [-0.15, -0.1) is 0 Å². The van der Waals surface area contributed by atoms with E-state index in [1.54, 1.807) is 0 Å². The summed E-state index contributed by atoms with van der Waals surface area (Å²) >= 11 is 0. The predicted octanol–water partition coefficient (Wildman–Crippen LogP) is 1.48. The molecule has 1 aromatic rings. The maximum absolute atomic E-state index is 11.5. The van der Waals surface area contributed by atoms with Gasteiger partial charge in [0.25, 0.3) is 5.91 Å². The molecule has 1 rings (SSSR count). The van der Waals surface area contributed by atoms with E-state index in [2.05, 4.69) is 10.3 Å². The Hall–Kier alpha value is -2.17. The van der Waals surface area contributed by atoms with Gasteiger partial charge in [-0.25, -0.2) is 4.79 Å². The van der Waals surface area contributed by atoms with E-state index in [9.17, 15) is 9.59 Å². The predicted molar refractivity (Wildman–Crippen MR) is 63.0 cm³/mol. The fourth-order valence-electron chi connectivity index (χ4n) is 1.18. The third-order valence-electron chi connectivity index (χ3n) is 2.08. The first-order valence-electron chi connectivity index (χ1n) is 5.24. The van der Waals surface area contributed by atoms with Gasteiger partial charge in [-0.2, -0.15) is 0 Å². The first kappa shape index (κ1) is 12.9. The molecule has 0 aliphatic rings. The molecule has 0 bridgehead atoms. The van der Waals surface area contributed by atoms with Gasteiger partial charge >= 0.3 is 5.97 Å². The normalized spacial score (nSPS) is 10.4. The third kappa shape index (κ3) is 4.06. The van der Waals surface area contributed by atoms with Crippen molar-refractivity contribution in [1.82, 2.24) is 10.3 Å². The van der Waals surface area contributed by atoms with Crippen molar-refractivity contribution in [2.45, 2.75) is 13.3 Å². The van der Waals surface area contributed by atoms with Gasteiger partial charge in [0, 0.05) is 12.7 Å². The molecule has 1 heterocycles. The van der Waals surface area contributed by atoms with Crippen LogP contribution in [-0.4, -0.2) is 28.5 Å². The number of allylic oxidation sites excluding steroid dienone is 1. The minimum absolute atomic E-state index is 0.0652. The van der Waals surface area contributed by atoms with Crippen molar-refractivity contribution in [3.8, 4) is 0 Å². The topological polar surface area (TPSA) is 79.3 Å². The molecule has 2 N–H and O–H groups in total. The van der Waals surface area contributed by atoms with Gasteiger partial charge in [0.05, 0.1) is 5.56 Å². The lowest BCUT2D eigenvalue weighted by Gasteiger charge is -2.02. The smallest absolute Gasteiger partial charge is 0.337 e. The number of amides is 1. The first-order valence-corrected chi connectivity index (χ1v) is 5.24. The molecule has 0 saturated carbocycles. The standard InChI is InChI=1S/C12H14N2O3/c1-2-3-4-7-13-11(15)10-6-5-9(8-14-10)12(16)17/h2-3,5-6,8H,4,7H2,1H3,(H,13,15)(H,16,17)/b3-2+. The monoisotopic (exact) mass is 234 g/mol. The number of carbonyl (C=O) groups excluding carboxylic acids is 1. The lowest BCUT2D eigenvalue weighted by atomic mass is 10.2. The Kier molecular flexibility index (Phi) is 4.87. The van der Waals surface area contributed by atoms with Gasteiger partial charge in [0.15, 0.2) is 0 Å². The Morgan fingerprint density at radius 3 is 2.76 bits per heavy atom. The zero-order valence-corrected chi connectivity index (χ0v) is 9.51. The van der Waals surface area contributed by atoms with Crippen molar-refractivity contribution in [3.05, 3.63) is 41.7 Å². The van der Waals surface area contributed by atoms with Gasteiger partial charge in [0.1, 0.15) is 5.69 Å². The van der Waals surface area contributed by atoms with E-state index >= 15 is 0 Å². The highest BCUT2D eigenvalue weighted by molar-refractivity contribution is 5.93. The Morgan fingerprint density at radius 2 is 2.24 bits per heavy atom. The number of rotatable bonds is 5. The van der Waals surface area contributed by atoms with Gasteiger partial charge < -0.3 is 10.4 Å². The van der Waals surface area contributed by atoms with Crippen molar-refractivity contribution < 1.29 is 14.7 Å². The van der Waals surface area contributed by atoms with E-state index in [0.29, 0.717) is 6.54 Å². The van der Waals surface area contributed by atoms with Gasteiger partial charge in [0.2, 0.25) is 0 Å². The van der Waals surface area contributed by atoms with Crippen LogP contribution in [0.3, 0.4) is 0 Å². The number of pyridine rings is 1. The number of aromatic carboxylic acids is 1. The zero-order valence-electron chi connectivity index (χ0n) is 9.51. The van der Waals surface area contributed by atoms with Crippen molar-refractivity contribution >= 4 is 11.9 Å². The molecule has 0 fully saturated rings.